The summed E-state index contributed by atoms with van der Waals surface area (Å²) in [6, 6.07) is 3.00. The molecule has 0 bridgehead atoms. The maximum atomic E-state index is 14.2. The average molecular weight is 207 g/mol. The zero-order valence-electron chi connectivity index (χ0n) is 8.03. The van der Waals surface area contributed by atoms with E-state index in [1.54, 1.807) is 0 Å². The lowest BCUT2D eigenvalue weighted by Gasteiger charge is -2.28. The van der Waals surface area contributed by atoms with E-state index < -0.39 is 11.6 Å². The number of nitrogens with zero attached hydrogens (tertiary/aromatic N) is 1. The minimum atomic E-state index is -2.31. The van der Waals surface area contributed by atoms with Crippen molar-refractivity contribution in [3.05, 3.63) is 36.2 Å². The quantitative estimate of drug-likeness (QED) is 0.767. The van der Waals surface area contributed by atoms with Gasteiger partial charge in [0.1, 0.15) is 0 Å². The largest absolute Gasteiger partial charge is 0.479 e. The molecule has 4 heteroatoms. The Labute approximate surface area is 86.3 Å². The van der Waals surface area contributed by atoms with Gasteiger partial charge in [0.15, 0.2) is 0 Å². The number of fused-ring (bicyclic) bond motifs is 1. The Kier molecular flexibility index (Phi) is 2.07. The van der Waals surface area contributed by atoms with Crippen LogP contribution in [-0.2, 0) is 10.5 Å². The summed E-state index contributed by atoms with van der Waals surface area (Å²) in [5, 5.41) is 8.90. The number of hydrogen-bond acceptors (Lipinski definition) is 2. The second-order valence-electron chi connectivity index (χ2n) is 3.61. The molecule has 1 aliphatic carbocycles. The molecule has 0 saturated carbocycles. The van der Waals surface area contributed by atoms with E-state index in [9.17, 15) is 9.18 Å². The van der Waals surface area contributed by atoms with E-state index in [1.807, 2.05) is 0 Å². The van der Waals surface area contributed by atoms with Crippen molar-refractivity contribution < 1.29 is 14.3 Å². The Hall–Kier alpha value is -1.71. The third-order valence-electron chi connectivity index (χ3n) is 2.68. The van der Waals surface area contributed by atoms with Gasteiger partial charge in [-0.1, -0.05) is 12.6 Å². The molecule has 1 heterocycles. The maximum Gasteiger partial charge on any atom is 0.346 e. The van der Waals surface area contributed by atoms with Gasteiger partial charge in [0.2, 0.25) is 5.67 Å². The Morgan fingerprint density at radius 2 is 2.40 bits per heavy atom. The maximum absolute atomic E-state index is 14.2. The number of carboxylic acid groups (broad SMARTS) is 1. The van der Waals surface area contributed by atoms with Crippen molar-refractivity contribution in [2.75, 3.05) is 0 Å². The molecule has 0 spiro atoms. The minimum Gasteiger partial charge on any atom is -0.479 e. The third kappa shape index (κ3) is 1.33. The van der Waals surface area contributed by atoms with Crippen LogP contribution in [0.5, 0.6) is 0 Å². The zero-order valence-corrected chi connectivity index (χ0v) is 8.03. The van der Waals surface area contributed by atoms with E-state index in [4.69, 9.17) is 5.11 Å². The van der Waals surface area contributed by atoms with Crippen LogP contribution in [0, 0.1) is 0 Å². The fourth-order valence-electron chi connectivity index (χ4n) is 1.81. The van der Waals surface area contributed by atoms with Crippen LogP contribution in [0.4, 0.5) is 4.39 Å². The molecule has 0 radical (unpaired) electrons. The first-order chi connectivity index (χ1) is 7.05. The van der Waals surface area contributed by atoms with Gasteiger partial charge in [-0.25, -0.2) is 9.18 Å². The molecular formula is C11H10FNO2. The number of rotatable bonds is 1. The summed E-state index contributed by atoms with van der Waals surface area (Å²) in [6.45, 7) is 3.76. The van der Waals surface area contributed by atoms with Crippen molar-refractivity contribution in [1.29, 1.82) is 0 Å². The SMILES string of the molecule is C=C1CCC(F)(C(=O)O)c2cccnc21. The van der Waals surface area contributed by atoms with Crippen LogP contribution in [0.15, 0.2) is 24.9 Å². The van der Waals surface area contributed by atoms with Gasteiger partial charge in [0.05, 0.1) is 5.69 Å². The first kappa shape index (κ1) is 9.83. The molecule has 0 fully saturated rings. The molecule has 0 aliphatic heterocycles. The first-order valence-corrected chi connectivity index (χ1v) is 4.61. The predicted octanol–water partition coefficient (Wildman–Crippen LogP) is 2.14. The van der Waals surface area contributed by atoms with Crippen LogP contribution in [0.1, 0.15) is 24.1 Å². The van der Waals surface area contributed by atoms with Crippen molar-refractivity contribution in [2.24, 2.45) is 0 Å². The molecule has 0 saturated heterocycles. The van der Waals surface area contributed by atoms with Crippen molar-refractivity contribution >= 4 is 11.5 Å². The highest BCUT2D eigenvalue weighted by Gasteiger charge is 2.45. The fourth-order valence-corrected chi connectivity index (χ4v) is 1.81. The van der Waals surface area contributed by atoms with E-state index in [2.05, 4.69) is 11.6 Å². The molecule has 0 aromatic carbocycles. The molecule has 1 aromatic heterocycles. The summed E-state index contributed by atoms with van der Waals surface area (Å²) >= 11 is 0. The molecular weight excluding hydrogens is 197 g/mol. The standard InChI is InChI=1S/C11H10FNO2/c1-7-4-5-11(12,10(14)15)8-3-2-6-13-9(7)8/h2-3,6H,1,4-5H2,(H,14,15). The third-order valence-corrected chi connectivity index (χ3v) is 2.68. The molecule has 1 aromatic rings. The fraction of sp³-hybridized carbons (Fsp3) is 0.273. The van der Waals surface area contributed by atoms with Gasteiger partial charge in [0.25, 0.3) is 0 Å². The highest BCUT2D eigenvalue weighted by molar-refractivity contribution is 5.84. The highest BCUT2D eigenvalue weighted by atomic mass is 19.1. The number of alkyl halides is 1. The van der Waals surface area contributed by atoms with Gasteiger partial charge < -0.3 is 5.11 Å². The second kappa shape index (κ2) is 3.15. The molecule has 1 atom stereocenters. The Balaban J connectivity index is 2.63. The summed E-state index contributed by atoms with van der Waals surface area (Å²) in [4.78, 5) is 14.9. The van der Waals surface area contributed by atoms with Gasteiger partial charge in [-0.3, -0.25) is 4.98 Å². The summed E-state index contributed by atoms with van der Waals surface area (Å²) < 4.78 is 14.2. The Morgan fingerprint density at radius 1 is 1.67 bits per heavy atom. The molecule has 1 aliphatic rings. The van der Waals surface area contributed by atoms with Crippen molar-refractivity contribution in [3.63, 3.8) is 0 Å². The van der Waals surface area contributed by atoms with Gasteiger partial charge in [0, 0.05) is 18.2 Å². The van der Waals surface area contributed by atoms with Gasteiger partial charge in [-0.2, -0.15) is 0 Å². The lowest BCUT2D eigenvalue weighted by atomic mass is 9.81. The Bertz CT molecular complexity index is 444. The van der Waals surface area contributed by atoms with E-state index in [1.165, 1.54) is 18.3 Å². The molecule has 15 heavy (non-hydrogen) atoms. The van der Waals surface area contributed by atoms with E-state index in [0.29, 0.717) is 17.7 Å². The molecule has 78 valence electrons. The zero-order chi connectivity index (χ0) is 11.1. The van der Waals surface area contributed by atoms with Crippen molar-refractivity contribution in [1.82, 2.24) is 4.98 Å². The smallest absolute Gasteiger partial charge is 0.346 e. The monoisotopic (exact) mass is 207 g/mol. The minimum absolute atomic E-state index is 0.0696. The second-order valence-corrected chi connectivity index (χ2v) is 3.61. The normalized spacial score (nSPS) is 24.7. The average Bonchev–Trinajstić information content (AvgIpc) is 2.24. The lowest BCUT2D eigenvalue weighted by molar-refractivity contribution is -0.152. The van der Waals surface area contributed by atoms with Crippen LogP contribution in [0.25, 0.3) is 5.57 Å². The van der Waals surface area contributed by atoms with Gasteiger partial charge >= 0.3 is 5.97 Å². The first-order valence-electron chi connectivity index (χ1n) is 4.61. The van der Waals surface area contributed by atoms with Crippen LogP contribution < -0.4 is 0 Å². The van der Waals surface area contributed by atoms with Crippen molar-refractivity contribution in [2.45, 2.75) is 18.5 Å². The summed E-state index contributed by atoms with van der Waals surface area (Å²) in [6.07, 6.45) is 1.77. The highest BCUT2D eigenvalue weighted by Crippen LogP contribution is 2.41. The van der Waals surface area contributed by atoms with E-state index in [0.717, 1.165) is 0 Å². The number of hydrogen-bond donors (Lipinski definition) is 1. The van der Waals surface area contributed by atoms with Crippen LogP contribution in [-0.4, -0.2) is 16.1 Å². The molecule has 3 nitrogen and oxygen atoms in total. The molecule has 2 rings (SSSR count). The number of carbonyl (C=O) groups is 1. The lowest BCUT2D eigenvalue weighted by Crippen LogP contribution is -2.34. The van der Waals surface area contributed by atoms with Gasteiger partial charge in [-0.05, 0) is 18.1 Å². The summed E-state index contributed by atoms with van der Waals surface area (Å²) in [5.74, 6) is -1.45. The number of pyridine rings is 1. The van der Waals surface area contributed by atoms with E-state index in [-0.39, 0.29) is 12.0 Å². The van der Waals surface area contributed by atoms with Crippen LogP contribution in [0.3, 0.4) is 0 Å². The van der Waals surface area contributed by atoms with Crippen molar-refractivity contribution in [3.8, 4) is 0 Å². The van der Waals surface area contributed by atoms with Crippen LogP contribution in [0.2, 0.25) is 0 Å². The van der Waals surface area contributed by atoms with E-state index >= 15 is 0 Å². The molecule has 0 amide bonds. The number of aromatic nitrogens is 1. The number of allylic oxidation sites excluding steroid dienone is 1. The number of carboxylic acids is 1. The molecule has 1 N–H and O–H groups in total. The molecule has 1 unspecified atom stereocenters. The summed E-state index contributed by atoms with van der Waals surface area (Å²) in [5.41, 5.74) is -1.12. The Morgan fingerprint density at radius 3 is 3.07 bits per heavy atom. The summed E-state index contributed by atoms with van der Waals surface area (Å²) in [7, 11) is 0. The number of aliphatic carboxylic acids is 1. The topological polar surface area (TPSA) is 50.2 Å². The predicted molar refractivity (Wildman–Crippen MR) is 52.9 cm³/mol. The van der Waals surface area contributed by atoms with Crippen LogP contribution >= 0.6 is 0 Å². The van der Waals surface area contributed by atoms with Gasteiger partial charge in [-0.15, -0.1) is 0 Å². The number of halogens is 1.